The molecule has 25 heavy (non-hydrogen) atoms. The maximum absolute atomic E-state index is 12.8. The Hall–Kier alpha value is -1.91. The van der Waals surface area contributed by atoms with E-state index in [1.165, 1.54) is 5.56 Å². The van der Waals surface area contributed by atoms with Crippen LogP contribution in [0.15, 0.2) is 48.8 Å². The summed E-state index contributed by atoms with van der Waals surface area (Å²) in [6, 6.07) is 11.8. The zero-order chi connectivity index (χ0) is 17.2. The van der Waals surface area contributed by atoms with Gasteiger partial charge in [-0.15, -0.1) is 0 Å². The summed E-state index contributed by atoms with van der Waals surface area (Å²) in [7, 11) is 0. The van der Waals surface area contributed by atoms with E-state index in [1.54, 1.807) is 18.3 Å². The molecule has 4 heterocycles. The molecule has 2 atom stereocenters. The fourth-order valence-electron chi connectivity index (χ4n) is 4.26. The zero-order valence-corrected chi connectivity index (χ0v) is 14.8. The number of nitrogens with one attached hydrogen (secondary N) is 1. The Bertz CT molecular complexity index is 744. The van der Waals surface area contributed by atoms with E-state index in [0.717, 1.165) is 32.4 Å². The molecule has 2 bridgehead atoms. The van der Waals surface area contributed by atoms with Gasteiger partial charge in [0.25, 0.3) is 5.91 Å². The summed E-state index contributed by atoms with van der Waals surface area (Å²) in [5.74, 6) is 0.471. The molecule has 3 saturated heterocycles. The van der Waals surface area contributed by atoms with Gasteiger partial charge in [-0.2, -0.15) is 0 Å². The van der Waals surface area contributed by atoms with Crippen LogP contribution in [-0.2, 0) is 6.42 Å². The minimum Gasteiger partial charge on any atom is -0.347 e. The average Bonchev–Trinajstić information content (AvgIpc) is 2.65. The quantitative estimate of drug-likeness (QED) is 0.916. The molecular weight excluding hydrogens is 334 g/mol. The number of piperidine rings is 3. The predicted octanol–water partition coefficient (Wildman–Crippen LogP) is 3.17. The summed E-state index contributed by atoms with van der Waals surface area (Å²) >= 11 is 6.20. The zero-order valence-electron chi connectivity index (χ0n) is 14.1. The summed E-state index contributed by atoms with van der Waals surface area (Å²) in [6.07, 6.45) is 6.94. The topological polar surface area (TPSA) is 45.2 Å². The summed E-state index contributed by atoms with van der Waals surface area (Å²) < 4.78 is 0. The van der Waals surface area contributed by atoms with Crippen molar-refractivity contribution in [3.63, 3.8) is 0 Å². The van der Waals surface area contributed by atoms with Gasteiger partial charge in [0.1, 0.15) is 0 Å². The van der Waals surface area contributed by atoms with Crippen LogP contribution in [0.3, 0.4) is 0 Å². The van der Waals surface area contributed by atoms with Crippen molar-refractivity contribution in [2.24, 2.45) is 5.92 Å². The van der Waals surface area contributed by atoms with Crippen molar-refractivity contribution in [3.8, 4) is 0 Å². The predicted molar refractivity (Wildman–Crippen MR) is 98.7 cm³/mol. The van der Waals surface area contributed by atoms with Gasteiger partial charge in [-0.25, -0.2) is 0 Å². The summed E-state index contributed by atoms with van der Waals surface area (Å²) in [4.78, 5) is 19.5. The lowest BCUT2D eigenvalue weighted by Crippen LogP contribution is -2.64. The lowest BCUT2D eigenvalue weighted by molar-refractivity contribution is 0.0136. The number of pyridine rings is 1. The molecule has 3 aliphatic heterocycles. The third-order valence-corrected chi connectivity index (χ3v) is 5.88. The smallest absolute Gasteiger partial charge is 0.253 e. The fraction of sp³-hybridized carbons (Fsp3) is 0.400. The van der Waals surface area contributed by atoms with Crippen molar-refractivity contribution in [2.45, 2.75) is 31.3 Å². The SMILES string of the molecule is O=C(NC1C2CCN(CC2)C1Cc1cccnc1)c1ccccc1Cl. The molecule has 3 aliphatic rings. The lowest BCUT2D eigenvalue weighted by Gasteiger charge is -2.51. The Labute approximate surface area is 153 Å². The van der Waals surface area contributed by atoms with E-state index in [1.807, 2.05) is 24.4 Å². The van der Waals surface area contributed by atoms with Gasteiger partial charge in [0, 0.05) is 24.5 Å². The maximum atomic E-state index is 12.8. The summed E-state index contributed by atoms with van der Waals surface area (Å²) in [5, 5.41) is 3.80. The number of nitrogens with zero attached hydrogens (tertiary/aromatic N) is 2. The average molecular weight is 356 g/mol. The van der Waals surface area contributed by atoms with E-state index in [0.29, 0.717) is 22.5 Å². The fourth-order valence-corrected chi connectivity index (χ4v) is 4.48. The first-order chi connectivity index (χ1) is 12.2. The molecule has 130 valence electrons. The third kappa shape index (κ3) is 3.42. The Balaban J connectivity index is 1.55. The second-order valence-corrected chi connectivity index (χ2v) is 7.39. The van der Waals surface area contributed by atoms with Gasteiger partial charge >= 0.3 is 0 Å². The van der Waals surface area contributed by atoms with Crippen molar-refractivity contribution < 1.29 is 4.79 Å². The molecule has 1 aromatic carbocycles. The van der Waals surface area contributed by atoms with Crippen molar-refractivity contribution in [1.82, 2.24) is 15.2 Å². The van der Waals surface area contributed by atoms with Gasteiger partial charge < -0.3 is 5.32 Å². The number of amides is 1. The van der Waals surface area contributed by atoms with Crippen LogP contribution in [0.25, 0.3) is 0 Å². The number of rotatable bonds is 4. The molecule has 0 aliphatic carbocycles. The van der Waals surface area contributed by atoms with E-state index >= 15 is 0 Å². The second kappa shape index (κ2) is 7.14. The van der Waals surface area contributed by atoms with Gasteiger partial charge in [-0.1, -0.05) is 29.8 Å². The molecule has 1 amide bonds. The van der Waals surface area contributed by atoms with E-state index in [9.17, 15) is 4.79 Å². The van der Waals surface area contributed by atoms with E-state index in [2.05, 4.69) is 21.3 Å². The van der Waals surface area contributed by atoms with Crippen LogP contribution in [0.4, 0.5) is 0 Å². The monoisotopic (exact) mass is 355 g/mol. The minimum absolute atomic E-state index is 0.0689. The number of hydrogen-bond acceptors (Lipinski definition) is 3. The molecule has 0 spiro atoms. The molecule has 2 unspecified atom stereocenters. The number of fused-ring (bicyclic) bond motifs is 3. The van der Waals surface area contributed by atoms with E-state index in [-0.39, 0.29) is 11.9 Å². The number of aromatic nitrogens is 1. The number of hydrogen-bond donors (Lipinski definition) is 1. The van der Waals surface area contributed by atoms with Gasteiger partial charge in [-0.3, -0.25) is 14.7 Å². The summed E-state index contributed by atoms with van der Waals surface area (Å²) in [5.41, 5.74) is 1.78. The van der Waals surface area contributed by atoms with E-state index in [4.69, 9.17) is 11.6 Å². The first-order valence-electron chi connectivity index (χ1n) is 8.91. The number of carbonyl (C=O) groups is 1. The highest BCUT2D eigenvalue weighted by Gasteiger charge is 2.42. The van der Waals surface area contributed by atoms with Gasteiger partial charge in [0.2, 0.25) is 0 Å². The van der Waals surface area contributed by atoms with Crippen LogP contribution in [0, 0.1) is 5.92 Å². The largest absolute Gasteiger partial charge is 0.347 e. The van der Waals surface area contributed by atoms with Crippen LogP contribution in [0.2, 0.25) is 5.02 Å². The highest BCUT2D eigenvalue weighted by molar-refractivity contribution is 6.33. The van der Waals surface area contributed by atoms with Crippen molar-refractivity contribution in [1.29, 1.82) is 0 Å². The highest BCUT2D eigenvalue weighted by atomic mass is 35.5. The van der Waals surface area contributed by atoms with Crippen LogP contribution >= 0.6 is 11.6 Å². The molecule has 2 aromatic rings. The molecule has 0 radical (unpaired) electrons. The third-order valence-electron chi connectivity index (χ3n) is 5.55. The van der Waals surface area contributed by atoms with Gasteiger partial charge in [0.05, 0.1) is 10.6 Å². The first kappa shape index (κ1) is 16.6. The molecule has 1 N–H and O–H groups in total. The first-order valence-corrected chi connectivity index (χ1v) is 9.28. The normalized spacial score (nSPS) is 27.9. The van der Waals surface area contributed by atoms with Crippen molar-refractivity contribution in [3.05, 3.63) is 64.9 Å². The minimum atomic E-state index is -0.0689. The Kier molecular flexibility index (Phi) is 4.73. The van der Waals surface area contributed by atoms with Crippen molar-refractivity contribution >= 4 is 17.5 Å². The van der Waals surface area contributed by atoms with Crippen molar-refractivity contribution in [2.75, 3.05) is 13.1 Å². The van der Waals surface area contributed by atoms with Crippen LogP contribution < -0.4 is 5.32 Å². The van der Waals surface area contributed by atoms with Gasteiger partial charge in [0.15, 0.2) is 0 Å². The molecule has 5 heteroatoms. The van der Waals surface area contributed by atoms with Gasteiger partial charge in [-0.05, 0) is 62.0 Å². The molecule has 5 rings (SSSR count). The Morgan fingerprint density at radius 3 is 2.72 bits per heavy atom. The van der Waals surface area contributed by atoms with Crippen LogP contribution in [0.1, 0.15) is 28.8 Å². The van der Waals surface area contributed by atoms with Crippen LogP contribution in [-0.4, -0.2) is 41.0 Å². The standard InChI is InChI=1S/C20H22ClN3O/c21-17-6-2-1-5-16(17)20(25)23-19-15-7-10-24(11-8-15)18(19)12-14-4-3-9-22-13-14/h1-6,9,13,15,18-19H,7-8,10-12H2,(H,23,25). The van der Waals surface area contributed by atoms with E-state index < -0.39 is 0 Å². The number of halogens is 1. The number of carbonyl (C=O) groups excluding carboxylic acids is 1. The Morgan fingerprint density at radius 1 is 1.20 bits per heavy atom. The number of benzene rings is 1. The van der Waals surface area contributed by atoms with Crippen LogP contribution in [0.5, 0.6) is 0 Å². The highest BCUT2D eigenvalue weighted by Crippen LogP contribution is 2.34. The molecule has 3 fully saturated rings. The Morgan fingerprint density at radius 2 is 2.00 bits per heavy atom. The second-order valence-electron chi connectivity index (χ2n) is 6.99. The molecule has 0 saturated carbocycles. The summed E-state index contributed by atoms with van der Waals surface area (Å²) in [6.45, 7) is 2.24. The lowest BCUT2D eigenvalue weighted by atomic mass is 9.76. The molecular formula is C20H22ClN3O. The molecule has 1 aromatic heterocycles. The molecule has 4 nitrogen and oxygen atoms in total. The maximum Gasteiger partial charge on any atom is 0.253 e.